The van der Waals surface area contributed by atoms with Gasteiger partial charge in [0.25, 0.3) is 0 Å². The molecule has 7 heteroatoms. The number of benzene rings is 3. The van der Waals surface area contributed by atoms with Gasteiger partial charge in [0.1, 0.15) is 17.3 Å². The lowest BCUT2D eigenvalue weighted by molar-refractivity contribution is -0.134. The topological polar surface area (TPSA) is 94.9 Å². The fourth-order valence-corrected chi connectivity index (χ4v) is 2.96. The Labute approximate surface area is 209 Å². The van der Waals surface area contributed by atoms with E-state index in [-0.39, 0.29) is 23.8 Å². The second-order valence-corrected chi connectivity index (χ2v) is 8.07. The van der Waals surface area contributed by atoms with Crippen LogP contribution in [0.3, 0.4) is 0 Å². The molecule has 0 atom stereocenters. The molecule has 0 saturated heterocycles. The minimum atomic E-state index is -0.484. The van der Waals surface area contributed by atoms with Crippen LogP contribution in [-0.4, -0.2) is 17.8 Å². The summed E-state index contributed by atoms with van der Waals surface area (Å²) < 4.78 is 22.1. The van der Waals surface area contributed by atoms with Gasteiger partial charge >= 0.3 is 11.9 Å². The maximum Gasteiger partial charge on any atom is 0.338 e. The lowest BCUT2D eigenvalue weighted by atomic mass is 10.1. The molecule has 0 amide bonds. The van der Waals surface area contributed by atoms with E-state index in [4.69, 9.17) is 24.4 Å². The van der Waals surface area contributed by atoms with Crippen LogP contribution < -0.4 is 18.9 Å². The number of hydrogen-bond donors (Lipinski definition) is 1. The quantitative estimate of drug-likeness (QED) is 0.0914. The van der Waals surface area contributed by atoms with Crippen molar-refractivity contribution in [3.8, 4) is 23.0 Å². The van der Waals surface area contributed by atoms with E-state index in [1.54, 1.807) is 57.2 Å². The minimum Gasteiger partial charge on any atom is -0.457 e. The van der Waals surface area contributed by atoms with Crippen molar-refractivity contribution in [1.29, 1.82) is 5.41 Å². The molecule has 3 aromatic rings. The van der Waals surface area contributed by atoms with Gasteiger partial charge in [-0.15, -0.1) is 0 Å². The van der Waals surface area contributed by atoms with Gasteiger partial charge in [0.2, 0.25) is 5.90 Å². The predicted octanol–water partition coefficient (Wildman–Crippen LogP) is 6.62. The second-order valence-electron chi connectivity index (χ2n) is 8.07. The molecule has 0 heterocycles. The number of rotatable bonds is 9. The number of ether oxygens (including phenoxy) is 4. The Morgan fingerprint density at radius 1 is 0.750 bits per heavy atom. The molecule has 184 valence electrons. The Bertz CT molecular complexity index is 1400. The number of carbonyl (C=O) groups is 2. The number of hydrogen-bond acceptors (Lipinski definition) is 7. The number of esters is 2. The first-order chi connectivity index (χ1) is 17.1. The van der Waals surface area contributed by atoms with Crippen LogP contribution in [-0.2, 0) is 9.59 Å². The van der Waals surface area contributed by atoms with E-state index in [0.717, 1.165) is 10.8 Å². The highest BCUT2D eigenvalue weighted by Crippen LogP contribution is 2.33. The molecule has 0 aromatic heterocycles. The molecule has 7 nitrogen and oxygen atoms in total. The third-order valence-electron chi connectivity index (χ3n) is 4.96. The first kappa shape index (κ1) is 26.0. The van der Waals surface area contributed by atoms with Crippen LogP contribution in [0.1, 0.15) is 32.8 Å². The van der Waals surface area contributed by atoms with Gasteiger partial charge in [0, 0.05) is 23.1 Å². The van der Waals surface area contributed by atoms with Crippen molar-refractivity contribution in [1.82, 2.24) is 0 Å². The fraction of sp³-hybridized carbons (Fsp3) is 0.138. The zero-order valence-corrected chi connectivity index (χ0v) is 20.5. The molecule has 0 bridgehead atoms. The highest BCUT2D eigenvalue weighted by molar-refractivity contribution is 5.92. The third-order valence-corrected chi connectivity index (χ3v) is 4.96. The van der Waals surface area contributed by atoms with E-state index in [0.29, 0.717) is 34.0 Å². The highest BCUT2D eigenvalue weighted by Gasteiger charge is 2.15. The van der Waals surface area contributed by atoms with Crippen LogP contribution >= 0.6 is 0 Å². The summed E-state index contributed by atoms with van der Waals surface area (Å²) in [6.45, 7) is 16.2. The predicted molar refractivity (Wildman–Crippen MR) is 140 cm³/mol. The normalized spacial score (nSPS) is 10.3. The van der Waals surface area contributed by atoms with E-state index in [2.05, 4.69) is 19.7 Å². The molecular weight excluding hydrogens is 458 g/mol. The van der Waals surface area contributed by atoms with Crippen molar-refractivity contribution in [2.24, 2.45) is 0 Å². The van der Waals surface area contributed by atoms with E-state index in [1.807, 2.05) is 18.2 Å². The van der Waals surface area contributed by atoms with Gasteiger partial charge in [0.15, 0.2) is 11.5 Å². The van der Waals surface area contributed by atoms with Crippen LogP contribution in [0.2, 0.25) is 0 Å². The highest BCUT2D eigenvalue weighted by atomic mass is 16.6. The number of fused-ring (bicyclic) bond motifs is 1. The van der Waals surface area contributed by atoms with Gasteiger partial charge < -0.3 is 18.9 Å². The molecule has 0 aliphatic rings. The maximum atomic E-state index is 11.8. The molecule has 0 spiro atoms. The van der Waals surface area contributed by atoms with E-state index in [9.17, 15) is 9.59 Å². The van der Waals surface area contributed by atoms with Gasteiger partial charge in [-0.05, 0) is 67.1 Å². The summed E-state index contributed by atoms with van der Waals surface area (Å²) in [4.78, 5) is 23.6. The Hall–Kier alpha value is -4.65. The summed E-state index contributed by atoms with van der Waals surface area (Å²) in [5.74, 6) is 0.557. The van der Waals surface area contributed by atoms with E-state index in [1.165, 1.54) is 0 Å². The molecule has 0 unspecified atom stereocenters. The average Bonchev–Trinajstić information content (AvgIpc) is 2.84. The molecule has 36 heavy (non-hydrogen) atoms. The lowest BCUT2D eigenvalue weighted by Crippen LogP contribution is -2.11. The van der Waals surface area contributed by atoms with Gasteiger partial charge in [-0.25, -0.2) is 4.79 Å². The molecule has 3 rings (SSSR count). The van der Waals surface area contributed by atoms with Gasteiger partial charge in [-0.3, -0.25) is 10.2 Å². The van der Waals surface area contributed by atoms with Crippen molar-refractivity contribution in [2.75, 3.05) is 0 Å². The van der Waals surface area contributed by atoms with Crippen molar-refractivity contribution >= 4 is 34.4 Å². The minimum absolute atomic E-state index is 0.157. The van der Waals surface area contributed by atoms with Gasteiger partial charge in [0.05, 0.1) is 0 Å². The Kier molecular flexibility index (Phi) is 8.07. The Morgan fingerprint density at radius 2 is 1.36 bits per heavy atom. The summed E-state index contributed by atoms with van der Waals surface area (Å²) in [6, 6.07) is 15.5. The standard InChI is InChI=1S/C29H27NO6/c1-7-27(31)35-25-13-10-20(16-26(25)36-28(30)17(2)3)19(6)33-23-11-8-22-15-24(12-9-21(22)14-23)34-29(32)18(4)5/h8-16,30H,2,4,6-7H2,1,3,5H3. The van der Waals surface area contributed by atoms with Crippen LogP contribution in [0, 0.1) is 5.41 Å². The molecule has 1 N–H and O–H groups in total. The molecule has 0 aliphatic carbocycles. The lowest BCUT2D eigenvalue weighted by Gasteiger charge is -2.15. The fourth-order valence-electron chi connectivity index (χ4n) is 2.96. The molecule has 0 saturated carbocycles. The van der Waals surface area contributed by atoms with Crippen LogP contribution in [0.5, 0.6) is 23.0 Å². The van der Waals surface area contributed by atoms with E-state index >= 15 is 0 Å². The molecule has 3 aromatic carbocycles. The smallest absolute Gasteiger partial charge is 0.338 e. The van der Waals surface area contributed by atoms with Crippen molar-refractivity contribution in [2.45, 2.75) is 27.2 Å². The van der Waals surface area contributed by atoms with Crippen LogP contribution in [0.4, 0.5) is 0 Å². The van der Waals surface area contributed by atoms with E-state index < -0.39 is 11.9 Å². The maximum absolute atomic E-state index is 11.8. The summed E-state index contributed by atoms with van der Waals surface area (Å²) in [7, 11) is 0. The molecule has 0 radical (unpaired) electrons. The van der Waals surface area contributed by atoms with Gasteiger partial charge in [-0.1, -0.05) is 38.8 Å². The average molecular weight is 486 g/mol. The largest absolute Gasteiger partial charge is 0.457 e. The van der Waals surface area contributed by atoms with Crippen molar-refractivity contribution in [3.63, 3.8) is 0 Å². The number of carbonyl (C=O) groups excluding carboxylic acids is 2. The molecular formula is C29H27NO6. The SMILES string of the molecule is C=C(C)C(=N)Oc1cc(C(=C)Oc2ccc3cc(OC(=O)C(=C)C)ccc3c2)ccc1OC(=O)CC. The molecule has 0 fully saturated rings. The summed E-state index contributed by atoms with van der Waals surface area (Å²) in [6.07, 6.45) is 0.189. The van der Waals surface area contributed by atoms with Crippen LogP contribution in [0.15, 0.2) is 85.5 Å². The first-order valence-electron chi connectivity index (χ1n) is 11.1. The summed E-state index contributed by atoms with van der Waals surface area (Å²) >= 11 is 0. The van der Waals surface area contributed by atoms with Crippen molar-refractivity contribution in [3.05, 3.63) is 91.0 Å². The molecule has 0 aliphatic heterocycles. The Balaban J connectivity index is 1.82. The van der Waals surface area contributed by atoms with Crippen LogP contribution in [0.25, 0.3) is 16.5 Å². The summed E-state index contributed by atoms with van der Waals surface area (Å²) in [5.41, 5.74) is 1.30. The number of nitrogens with one attached hydrogen (secondary N) is 1. The van der Waals surface area contributed by atoms with Gasteiger partial charge in [-0.2, -0.15) is 0 Å². The Morgan fingerprint density at radius 3 is 1.92 bits per heavy atom. The summed E-state index contributed by atoms with van der Waals surface area (Å²) in [5, 5.41) is 9.69. The zero-order valence-electron chi connectivity index (χ0n) is 20.5. The van der Waals surface area contributed by atoms with Crippen molar-refractivity contribution < 1.29 is 28.5 Å². The second kappa shape index (κ2) is 11.2. The monoisotopic (exact) mass is 485 g/mol. The third kappa shape index (κ3) is 6.48. The first-order valence-corrected chi connectivity index (χ1v) is 11.1. The zero-order chi connectivity index (χ0) is 26.4.